The van der Waals surface area contributed by atoms with Crippen molar-refractivity contribution in [3.63, 3.8) is 0 Å². The summed E-state index contributed by atoms with van der Waals surface area (Å²) in [4.78, 5) is 13.7. The van der Waals surface area contributed by atoms with Crippen LogP contribution in [0, 0.1) is 6.92 Å². The number of aryl methyl sites for hydroxylation is 1. The minimum Gasteiger partial charge on any atom is -0.483 e. The third kappa shape index (κ3) is 7.48. The zero-order chi connectivity index (χ0) is 15.7. The molecule has 6 nitrogen and oxygen atoms in total. The van der Waals surface area contributed by atoms with Gasteiger partial charge >= 0.3 is 0 Å². The van der Waals surface area contributed by atoms with Gasteiger partial charge in [0.15, 0.2) is 11.7 Å². The molecule has 0 radical (unpaired) electrons. The number of hydrogen-bond donors (Lipinski definition) is 3. The maximum atomic E-state index is 11.6. The molecule has 0 saturated carbocycles. The van der Waals surface area contributed by atoms with E-state index in [0.29, 0.717) is 17.4 Å². The molecule has 1 aromatic carbocycles. The second-order valence-corrected chi connectivity index (χ2v) is 5.19. The average Bonchev–Trinajstić information content (AvgIpc) is 2.44. The molecule has 0 atom stereocenters. The summed E-state index contributed by atoms with van der Waals surface area (Å²) in [5, 5.41) is 3.35. The van der Waals surface area contributed by atoms with Crippen LogP contribution < -0.4 is 20.9 Å². The van der Waals surface area contributed by atoms with E-state index in [1.807, 2.05) is 50.2 Å². The van der Waals surface area contributed by atoms with E-state index in [4.69, 9.17) is 17.0 Å². The number of carbonyl (C=O) groups excluding carboxylic acids is 1. The standard InChI is InChI=1S/C14H22N4O2S/c1-11-6-4-5-7-12(11)20-10-13(19)16-17-14(21)15-8-9-18(2)3/h4-7H,8-10H2,1-3H3,(H,16,19)(H2,15,17,21). The van der Waals surface area contributed by atoms with Crippen LogP contribution in [-0.2, 0) is 4.79 Å². The zero-order valence-electron chi connectivity index (χ0n) is 12.6. The van der Waals surface area contributed by atoms with Crippen molar-refractivity contribution in [2.45, 2.75) is 6.92 Å². The summed E-state index contributed by atoms with van der Waals surface area (Å²) in [5.74, 6) is 0.398. The van der Waals surface area contributed by atoms with Crippen molar-refractivity contribution in [3.8, 4) is 5.75 Å². The van der Waals surface area contributed by atoms with Crippen LogP contribution in [0.2, 0.25) is 0 Å². The van der Waals surface area contributed by atoms with Gasteiger partial charge in [0, 0.05) is 13.1 Å². The number of ether oxygens (including phenoxy) is 1. The van der Waals surface area contributed by atoms with Crippen LogP contribution in [0.15, 0.2) is 24.3 Å². The van der Waals surface area contributed by atoms with Gasteiger partial charge in [0.1, 0.15) is 5.75 Å². The molecule has 3 N–H and O–H groups in total. The highest BCUT2D eigenvalue weighted by Gasteiger charge is 2.04. The fraction of sp³-hybridized carbons (Fsp3) is 0.429. The third-order valence-corrected chi connectivity index (χ3v) is 2.86. The van der Waals surface area contributed by atoms with E-state index >= 15 is 0 Å². The lowest BCUT2D eigenvalue weighted by Crippen LogP contribution is -2.49. The van der Waals surface area contributed by atoms with Crippen LogP contribution in [0.25, 0.3) is 0 Å². The fourth-order valence-corrected chi connectivity index (χ4v) is 1.61. The Morgan fingerprint density at radius 1 is 1.29 bits per heavy atom. The summed E-state index contributed by atoms with van der Waals surface area (Å²) in [6, 6.07) is 7.53. The van der Waals surface area contributed by atoms with Gasteiger partial charge in [-0.3, -0.25) is 15.6 Å². The molecule has 0 aromatic heterocycles. The molecule has 1 rings (SSSR count). The number of para-hydroxylation sites is 1. The number of rotatable bonds is 6. The lowest BCUT2D eigenvalue weighted by atomic mass is 10.2. The molecule has 0 spiro atoms. The summed E-state index contributed by atoms with van der Waals surface area (Å²) < 4.78 is 5.42. The molecule has 0 bridgehead atoms. The van der Waals surface area contributed by atoms with Crippen molar-refractivity contribution in [2.24, 2.45) is 0 Å². The Balaban J connectivity index is 2.19. The van der Waals surface area contributed by atoms with Gasteiger partial charge in [0.05, 0.1) is 0 Å². The minimum atomic E-state index is -0.296. The Morgan fingerprint density at radius 3 is 2.67 bits per heavy atom. The zero-order valence-corrected chi connectivity index (χ0v) is 13.4. The number of amides is 1. The van der Waals surface area contributed by atoms with Crippen LogP contribution in [-0.4, -0.2) is 49.7 Å². The minimum absolute atomic E-state index is 0.0713. The lowest BCUT2D eigenvalue weighted by Gasteiger charge is -2.14. The maximum Gasteiger partial charge on any atom is 0.276 e. The molecular weight excluding hydrogens is 288 g/mol. The molecule has 0 heterocycles. The number of nitrogens with one attached hydrogen (secondary N) is 3. The number of thiocarbonyl (C=S) groups is 1. The van der Waals surface area contributed by atoms with Crippen LogP contribution in [0.4, 0.5) is 0 Å². The molecule has 0 fully saturated rings. The largest absolute Gasteiger partial charge is 0.483 e. The fourth-order valence-electron chi connectivity index (χ4n) is 1.46. The van der Waals surface area contributed by atoms with Gasteiger partial charge in [0.25, 0.3) is 5.91 Å². The second kappa shape index (κ2) is 9.15. The normalized spacial score (nSPS) is 10.1. The first-order chi connectivity index (χ1) is 9.99. The highest BCUT2D eigenvalue weighted by molar-refractivity contribution is 7.80. The van der Waals surface area contributed by atoms with Gasteiger partial charge in [-0.1, -0.05) is 18.2 Å². The van der Waals surface area contributed by atoms with Gasteiger partial charge < -0.3 is 15.0 Å². The summed E-state index contributed by atoms with van der Waals surface area (Å²) in [6.07, 6.45) is 0. The van der Waals surface area contributed by atoms with Crippen LogP contribution in [0.1, 0.15) is 5.56 Å². The monoisotopic (exact) mass is 310 g/mol. The lowest BCUT2D eigenvalue weighted by molar-refractivity contribution is -0.123. The molecular formula is C14H22N4O2S. The van der Waals surface area contributed by atoms with Gasteiger partial charge in [-0.15, -0.1) is 0 Å². The first kappa shape index (κ1) is 17.2. The van der Waals surface area contributed by atoms with Gasteiger partial charge in [-0.2, -0.15) is 0 Å². The molecule has 1 aromatic rings. The van der Waals surface area contributed by atoms with Crippen molar-refractivity contribution >= 4 is 23.2 Å². The Morgan fingerprint density at radius 2 is 2.00 bits per heavy atom. The first-order valence-electron chi connectivity index (χ1n) is 6.65. The summed E-state index contributed by atoms with van der Waals surface area (Å²) >= 11 is 5.03. The van der Waals surface area contributed by atoms with Crippen molar-refractivity contribution in [1.29, 1.82) is 0 Å². The predicted octanol–water partition coefficient (Wildman–Crippen LogP) is 0.431. The van der Waals surface area contributed by atoms with Gasteiger partial charge in [-0.25, -0.2) is 0 Å². The smallest absolute Gasteiger partial charge is 0.276 e. The Hall–Kier alpha value is -1.86. The Bertz CT molecular complexity index is 480. The summed E-state index contributed by atoms with van der Waals surface area (Å²) in [6.45, 7) is 3.41. The Kier molecular flexibility index (Phi) is 7.49. The third-order valence-electron chi connectivity index (χ3n) is 2.61. The van der Waals surface area contributed by atoms with Gasteiger partial charge in [0.2, 0.25) is 0 Å². The molecule has 0 unspecified atom stereocenters. The Labute approximate surface area is 130 Å². The second-order valence-electron chi connectivity index (χ2n) is 4.79. The molecule has 0 aliphatic heterocycles. The summed E-state index contributed by atoms with van der Waals surface area (Å²) in [7, 11) is 3.95. The van der Waals surface area contributed by atoms with E-state index in [-0.39, 0.29) is 12.5 Å². The van der Waals surface area contributed by atoms with Crippen LogP contribution in [0.3, 0.4) is 0 Å². The average molecular weight is 310 g/mol. The van der Waals surface area contributed by atoms with E-state index < -0.39 is 0 Å². The number of carbonyl (C=O) groups is 1. The number of likely N-dealkylation sites (N-methyl/N-ethyl adjacent to an activating group) is 1. The van der Waals surface area contributed by atoms with Crippen molar-refractivity contribution in [1.82, 2.24) is 21.1 Å². The van der Waals surface area contributed by atoms with Crippen LogP contribution >= 0.6 is 12.2 Å². The molecule has 0 saturated heterocycles. The van der Waals surface area contributed by atoms with Crippen molar-refractivity contribution < 1.29 is 9.53 Å². The van der Waals surface area contributed by atoms with E-state index in [0.717, 1.165) is 12.1 Å². The number of hydrogen-bond acceptors (Lipinski definition) is 4. The topological polar surface area (TPSA) is 65.6 Å². The summed E-state index contributed by atoms with van der Waals surface area (Å²) in [5.41, 5.74) is 6.09. The van der Waals surface area contributed by atoms with Crippen LogP contribution in [0.5, 0.6) is 5.75 Å². The first-order valence-corrected chi connectivity index (χ1v) is 7.05. The van der Waals surface area contributed by atoms with E-state index in [2.05, 4.69) is 16.2 Å². The highest BCUT2D eigenvalue weighted by Crippen LogP contribution is 2.15. The maximum absolute atomic E-state index is 11.6. The van der Waals surface area contributed by atoms with Gasteiger partial charge in [-0.05, 0) is 44.9 Å². The highest BCUT2D eigenvalue weighted by atomic mass is 32.1. The molecule has 0 aliphatic carbocycles. The predicted molar refractivity (Wildman–Crippen MR) is 87.1 cm³/mol. The molecule has 21 heavy (non-hydrogen) atoms. The van der Waals surface area contributed by atoms with Crippen molar-refractivity contribution in [2.75, 3.05) is 33.8 Å². The van der Waals surface area contributed by atoms with E-state index in [1.54, 1.807) is 0 Å². The molecule has 0 aliphatic rings. The number of nitrogens with zero attached hydrogens (tertiary/aromatic N) is 1. The number of hydrazine groups is 1. The molecule has 7 heteroatoms. The van der Waals surface area contributed by atoms with Crippen molar-refractivity contribution in [3.05, 3.63) is 29.8 Å². The van der Waals surface area contributed by atoms with E-state index in [9.17, 15) is 4.79 Å². The quantitative estimate of drug-likeness (QED) is 0.523. The molecule has 1 amide bonds. The molecule has 116 valence electrons. The number of benzene rings is 1. The van der Waals surface area contributed by atoms with E-state index in [1.165, 1.54) is 0 Å². The SMILES string of the molecule is Cc1ccccc1OCC(=O)NNC(=S)NCCN(C)C.